The highest BCUT2D eigenvalue weighted by Gasteiger charge is 2.46. The predicted molar refractivity (Wildman–Crippen MR) is 104 cm³/mol. The first-order valence-corrected chi connectivity index (χ1v) is 9.75. The summed E-state index contributed by atoms with van der Waals surface area (Å²) >= 11 is 0. The number of aliphatic hydroxyl groups is 8. The fourth-order valence-electron chi connectivity index (χ4n) is 3.01. The van der Waals surface area contributed by atoms with Gasteiger partial charge in [0.25, 0.3) is 0 Å². The molecule has 0 aliphatic carbocycles. The highest BCUT2D eigenvalue weighted by Crippen LogP contribution is 2.25. The van der Waals surface area contributed by atoms with Gasteiger partial charge in [0.15, 0.2) is 6.29 Å². The van der Waals surface area contributed by atoms with Gasteiger partial charge < -0.3 is 50.3 Å². The fourth-order valence-corrected chi connectivity index (χ4v) is 3.01. The van der Waals surface area contributed by atoms with Crippen molar-refractivity contribution in [1.82, 2.24) is 0 Å². The van der Waals surface area contributed by atoms with E-state index >= 15 is 0 Å². The minimum Gasteiger partial charge on any atom is -0.394 e. The second-order valence-corrected chi connectivity index (χ2v) is 7.31. The Hall–Kier alpha value is -1.58. The molecule has 1 aliphatic rings. The molecule has 2 rings (SSSR count). The van der Waals surface area contributed by atoms with Gasteiger partial charge in [-0.1, -0.05) is 18.2 Å². The van der Waals surface area contributed by atoms with Crippen molar-refractivity contribution in [3.05, 3.63) is 29.8 Å². The molecule has 1 fully saturated rings. The second kappa shape index (κ2) is 11.9. The van der Waals surface area contributed by atoms with Gasteiger partial charge >= 0.3 is 0 Å². The van der Waals surface area contributed by atoms with Crippen LogP contribution >= 0.6 is 0 Å². The van der Waals surface area contributed by atoms with Gasteiger partial charge in [-0.15, -0.1) is 0 Å². The summed E-state index contributed by atoms with van der Waals surface area (Å²) in [4.78, 5) is 0. The molecule has 12 nitrogen and oxygen atoms in total. The van der Waals surface area contributed by atoms with Crippen LogP contribution in [0.15, 0.2) is 34.5 Å². The molecule has 0 aromatic heterocycles. The predicted octanol–water partition coefficient (Wildman–Crippen LogP) is -2.66. The van der Waals surface area contributed by atoms with E-state index in [1.807, 2.05) is 19.1 Å². The summed E-state index contributed by atoms with van der Waals surface area (Å²) in [5, 5.41) is 86.4. The van der Waals surface area contributed by atoms with Crippen molar-refractivity contribution in [3.8, 4) is 0 Å². The molecule has 1 aromatic rings. The number of azo groups is 1. The Kier molecular flexibility index (Phi) is 9.84. The van der Waals surface area contributed by atoms with Crippen molar-refractivity contribution in [2.24, 2.45) is 10.2 Å². The molecule has 176 valence electrons. The number of rotatable bonds is 10. The number of aryl methyl sites for hydroxylation is 1. The Morgan fingerprint density at radius 3 is 2.29 bits per heavy atom. The van der Waals surface area contributed by atoms with E-state index in [1.54, 1.807) is 12.1 Å². The third-order valence-electron chi connectivity index (χ3n) is 5.02. The molecular formula is C19H30N2O10. The lowest BCUT2D eigenvalue weighted by Gasteiger charge is -2.41. The van der Waals surface area contributed by atoms with E-state index in [4.69, 9.17) is 14.6 Å². The first-order chi connectivity index (χ1) is 14.7. The zero-order chi connectivity index (χ0) is 23.1. The van der Waals surface area contributed by atoms with E-state index in [-0.39, 0.29) is 6.54 Å². The highest BCUT2D eigenvalue weighted by atomic mass is 16.7. The van der Waals surface area contributed by atoms with Crippen molar-refractivity contribution >= 4 is 5.69 Å². The van der Waals surface area contributed by atoms with E-state index in [1.165, 1.54) is 0 Å². The summed E-state index contributed by atoms with van der Waals surface area (Å²) in [6.45, 7) is -0.0706. The van der Waals surface area contributed by atoms with Gasteiger partial charge in [0.05, 0.1) is 25.4 Å². The molecular weight excluding hydrogens is 416 g/mol. The Balaban J connectivity index is 2.19. The zero-order valence-corrected chi connectivity index (χ0v) is 16.9. The Morgan fingerprint density at radius 2 is 1.68 bits per heavy atom. The summed E-state index contributed by atoms with van der Waals surface area (Å²) in [5.41, 5.74) is 1.37. The average molecular weight is 446 g/mol. The van der Waals surface area contributed by atoms with Crippen LogP contribution in [0.25, 0.3) is 0 Å². The topological polar surface area (TPSA) is 205 Å². The third-order valence-corrected chi connectivity index (χ3v) is 5.02. The Labute approximate surface area is 178 Å². The van der Waals surface area contributed by atoms with Gasteiger partial charge in [0.2, 0.25) is 0 Å². The summed E-state index contributed by atoms with van der Waals surface area (Å²) in [5.74, 6) is 0. The molecule has 31 heavy (non-hydrogen) atoms. The van der Waals surface area contributed by atoms with Crippen LogP contribution in [0.5, 0.6) is 0 Å². The molecule has 0 saturated carbocycles. The van der Waals surface area contributed by atoms with Crippen LogP contribution in [0.1, 0.15) is 5.56 Å². The largest absolute Gasteiger partial charge is 0.394 e. The number of ether oxygens (including phenoxy) is 2. The SMILES string of the molecule is Cc1ccccc1N=NC[C@H](O[C@@H]1O[C@H](CO)[C@@H](O)[C@H](O)[C@H]1O)[C@@H](O)[C@H](O)[C@H](O)CO. The molecule has 1 saturated heterocycles. The van der Waals surface area contributed by atoms with E-state index < -0.39 is 68.3 Å². The number of benzene rings is 1. The molecule has 1 heterocycles. The van der Waals surface area contributed by atoms with Crippen LogP contribution in [0, 0.1) is 6.92 Å². The van der Waals surface area contributed by atoms with E-state index in [0.29, 0.717) is 5.69 Å². The fraction of sp³-hybridized carbons (Fsp3) is 0.684. The molecule has 8 N–H and O–H groups in total. The quantitative estimate of drug-likeness (QED) is 0.175. The van der Waals surface area contributed by atoms with Crippen LogP contribution in [0.2, 0.25) is 0 Å². The third kappa shape index (κ3) is 6.46. The van der Waals surface area contributed by atoms with Crippen molar-refractivity contribution in [2.75, 3.05) is 19.8 Å². The summed E-state index contributed by atoms with van der Waals surface area (Å²) in [6.07, 6.45) is -14.7. The summed E-state index contributed by atoms with van der Waals surface area (Å²) in [7, 11) is 0. The normalized spacial score (nSPS) is 30.8. The molecule has 0 unspecified atom stereocenters. The lowest BCUT2D eigenvalue weighted by molar-refractivity contribution is -0.319. The van der Waals surface area contributed by atoms with Crippen molar-refractivity contribution in [2.45, 2.75) is 62.0 Å². The Morgan fingerprint density at radius 1 is 1.00 bits per heavy atom. The van der Waals surface area contributed by atoms with Gasteiger partial charge in [0.1, 0.15) is 48.8 Å². The smallest absolute Gasteiger partial charge is 0.187 e. The molecule has 12 heteroatoms. The molecule has 1 aromatic carbocycles. The van der Waals surface area contributed by atoms with Crippen LogP contribution in [-0.2, 0) is 9.47 Å². The first kappa shape index (κ1) is 25.7. The minimum atomic E-state index is -1.84. The number of hydrogen-bond acceptors (Lipinski definition) is 12. The number of hydrogen-bond donors (Lipinski definition) is 8. The molecule has 0 bridgehead atoms. The number of aliphatic hydroxyl groups excluding tert-OH is 8. The maximum absolute atomic E-state index is 10.4. The van der Waals surface area contributed by atoms with Crippen molar-refractivity contribution < 1.29 is 50.3 Å². The lowest BCUT2D eigenvalue weighted by atomic mass is 9.98. The zero-order valence-electron chi connectivity index (χ0n) is 16.9. The van der Waals surface area contributed by atoms with E-state index in [2.05, 4.69) is 10.2 Å². The molecule has 0 spiro atoms. The van der Waals surface area contributed by atoms with Crippen LogP contribution in [0.3, 0.4) is 0 Å². The van der Waals surface area contributed by atoms with Gasteiger partial charge in [-0.3, -0.25) is 0 Å². The maximum Gasteiger partial charge on any atom is 0.187 e. The maximum atomic E-state index is 10.4. The monoisotopic (exact) mass is 446 g/mol. The number of nitrogens with zero attached hydrogens (tertiary/aromatic N) is 2. The molecule has 0 amide bonds. The van der Waals surface area contributed by atoms with Crippen molar-refractivity contribution in [1.29, 1.82) is 0 Å². The molecule has 0 radical (unpaired) electrons. The second-order valence-electron chi connectivity index (χ2n) is 7.31. The first-order valence-electron chi connectivity index (χ1n) is 9.75. The lowest BCUT2D eigenvalue weighted by Crippen LogP contribution is -2.61. The Bertz CT molecular complexity index is 706. The average Bonchev–Trinajstić information content (AvgIpc) is 2.78. The summed E-state index contributed by atoms with van der Waals surface area (Å²) < 4.78 is 10.7. The van der Waals surface area contributed by atoms with Crippen LogP contribution < -0.4 is 0 Å². The standard InChI is InChI=1S/C19H30N2O10/c1-9-4-2-3-5-10(9)21-20-6-12(15(26)14(25)11(24)7-22)30-19-18(29)17(28)16(27)13(8-23)31-19/h2-5,11-19,22-29H,6-8H2,1H3/t11-,12+,13-,14-,15-,16-,17+,18-,19-/m1/s1. The van der Waals surface area contributed by atoms with E-state index in [9.17, 15) is 35.7 Å². The van der Waals surface area contributed by atoms with Gasteiger partial charge in [0, 0.05) is 0 Å². The summed E-state index contributed by atoms with van der Waals surface area (Å²) in [6, 6.07) is 7.08. The highest BCUT2D eigenvalue weighted by molar-refractivity contribution is 5.43. The van der Waals surface area contributed by atoms with Gasteiger partial charge in [-0.25, -0.2) is 0 Å². The van der Waals surface area contributed by atoms with Crippen LogP contribution in [-0.4, -0.2) is 116 Å². The van der Waals surface area contributed by atoms with Crippen LogP contribution in [0.4, 0.5) is 5.69 Å². The van der Waals surface area contributed by atoms with Gasteiger partial charge in [-0.2, -0.15) is 10.2 Å². The molecule has 1 aliphatic heterocycles. The molecule has 9 atom stereocenters. The van der Waals surface area contributed by atoms with E-state index in [0.717, 1.165) is 5.56 Å². The minimum absolute atomic E-state index is 0.361. The van der Waals surface area contributed by atoms with Gasteiger partial charge in [-0.05, 0) is 18.6 Å². The van der Waals surface area contributed by atoms with Crippen molar-refractivity contribution in [3.63, 3.8) is 0 Å².